The second-order valence-corrected chi connectivity index (χ2v) is 5.06. The van der Waals surface area contributed by atoms with Gasteiger partial charge in [0.25, 0.3) is 11.6 Å². The van der Waals surface area contributed by atoms with E-state index in [9.17, 15) is 19.3 Å². The third-order valence-corrected chi connectivity index (χ3v) is 3.08. The molecule has 0 spiro atoms. The molecule has 0 aromatic heterocycles. The number of anilines is 2. The van der Waals surface area contributed by atoms with Crippen molar-refractivity contribution in [3.63, 3.8) is 0 Å². The SMILES string of the molecule is Nc1ccc(F)cc1NC(=O)c1cc(Br)cc([N+](=O)[O-])c1. The van der Waals surface area contributed by atoms with Crippen LogP contribution in [0.4, 0.5) is 21.5 Å². The minimum absolute atomic E-state index is 0.0553. The Morgan fingerprint density at radius 3 is 2.67 bits per heavy atom. The van der Waals surface area contributed by atoms with Crippen molar-refractivity contribution in [2.45, 2.75) is 0 Å². The maximum atomic E-state index is 13.1. The van der Waals surface area contributed by atoms with Gasteiger partial charge in [-0.1, -0.05) is 15.9 Å². The third kappa shape index (κ3) is 3.54. The van der Waals surface area contributed by atoms with Crippen LogP contribution in [-0.4, -0.2) is 10.8 Å². The molecule has 0 heterocycles. The summed E-state index contributed by atoms with van der Waals surface area (Å²) < 4.78 is 13.5. The van der Waals surface area contributed by atoms with E-state index in [-0.39, 0.29) is 22.6 Å². The standard InChI is InChI=1S/C13H9BrFN3O3/c14-8-3-7(4-10(5-8)18(20)21)13(19)17-12-6-9(15)1-2-11(12)16/h1-6H,16H2,(H,17,19). The van der Waals surface area contributed by atoms with Gasteiger partial charge in [0.2, 0.25) is 0 Å². The van der Waals surface area contributed by atoms with Gasteiger partial charge in [-0.05, 0) is 24.3 Å². The maximum Gasteiger partial charge on any atom is 0.271 e. The van der Waals surface area contributed by atoms with Gasteiger partial charge in [0.1, 0.15) is 5.82 Å². The third-order valence-electron chi connectivity index (χ3n) is 2.62. The Balaban J connectivity index is 2.32. The number of rotatable bonds is 3. The van der Waals surface area contributed by atoms with E-state index in [0.717, 1.165) is 18.2 Å². The first-order chi connectivity index (χ1) is 9.86. The van der Waals surface area contributed by atoms with Crippen LogP contribution < -0.4 is 11.1 Å². The molecular weight excluding hydrogens is 345 g/mol. The fraction of sp³-hybridized carbons (Fsp3) is 0. The lowest BCUT2D eigenvalue weighted by Crippen LogP contribution is -2.13. The number of nitrogens with two attached hydrogens (primary N) is 1. The summed E-state index contributed by atoms with van der Waals surface area (Å²) in [5.74, 6) is -1.18. The predicted molar refractivity (Wildman–Crippen MR) is 79.6 cm³/mol. The topological polar surface area (TPSA) is 98.3 Å². The predicted octanol–water partition coefficient (Wildman–Crippen LogP) is 3.33. The van der Waals surface area contributed by atoms with Crippen molar-refractivity contribution < 1.29 is 14.1 Å². The van der Waals surface area contributed by atoms with Crippen molar-refractivity contribution >= 4 is 38.9 Å². The summed E-state index contributed by atoms with van der Waals surface area (Å²) >= 11 is 3.09. The Labute approximate surface area is 127 Å². The Morgan fingerprint density at radius 1 is 1.29 bits per heavy atom. The van der Waals surface area contributed by atoms with E-state index in [4.69, 9.17) is 5.73 Å². The average Bonchev–Trinajstić information content (AvgIpc) is 2.42. The number of nitrogen functional groups attached to an aromatic ring is 1. The zero-order valence-corrected chi connectivity index (χ0v) is 12.1. The van der Waals surface area contributed by atoms with Crippen molar-refractivity contribution in [1.82, 2.24) is 0 Å². The van der Waals surface area contributed by atoms with E-state index in [1.807, 2.05) is 0 Å². The Bertz CT molecular complexity index is 737. The molecule has 6 nitrogen and oxygen atoms in total. The summed E-state index contributed by atoms with van der Waals surface area (Å²) in [4.78, 5) is 22.2. The van der Waals surface area contributed by atoms with Gasteiger partial charge in [0.15, 0.2) is 0 Å². The van der Waals surface area contributed by atoms with Crippen LogP contribution >= 0.6 is 15.9 Å². The number of nitro benzene ring substituents is 1. The molecule has 0 unspecified atom stereocenters. The molecule has 21 heavy (non-hydrogen) atoms. The fourth-order valence-electron chi connectivity index (χ4n) is 1.64. The monoisotopic (exact) mass is 353 g/mol. The lowest BCUT2D eigenvalue weighted by Gasteiger charge is -2.08. The van der Waals surface area contributed by atoms with Gasteiger partial charge in [0.05, 0.1) is 16.3 Å². The first-order valence-corrected chi connectivity index (χ1v) is 6.47. The highest BCUT2D eigenvalue weighted by Gasteiger charge is 2.15. The number of hydrogen-bond donors (Lipinski definition) is 2. The number of non-ortho nitro benzene ring substituents is 1. The molecule has 2 aromatic rings. The second kappa shape index (κ2) is 5.88. The zero-order chi connectivity index (χ0) is 15.6. The van der Waals surface area contributed by atoms with Gasteiger partial charge in [-0.25, -0.2) is 4.39 Å². The molecule has 0 aliphatic rings. The van der Waals surface area contributed by atoms with Gasteiger partial charge >= 0.3 is 0 Å². The first kappa shape index (κ1) is 14.9. The highest BCUT2D eigenvalue weighted by molar-refractivity contribution is 9.10. The van der Waals surface area contributed by atoms with E-state index < -0.39 is 16.6 Å². The fourth-order valence-corrected chi connectivity index (χ4v) is 2.12. The minimum atomic E-state index is -0.628. The van der Waals surface area contributed by atoms with E-state index in [1.54, 1.807) is 0 Å². The number of benzene rings is 2. The molecule has 2 aromatic carbocycles. The number of nitrogens with one attached hydrogen (secondary N) is 1. The highest BCUT2D eigenvalue weighted by atomic mass is 79.9. The van der Waals surface area contributed by atoms with Gasteiger partial charge in [-0.2, -0.15) is 0 Å². The van der Waals surface area contributed by atoms with Crippen LogP contribution in [0.2, 0.25) is 0 Å². The molecule has 0 bridgehead atoms. The largest absolute Gasteiger partial charge is 0.397 e. The van der Waals surface area contributed by atoms with Crippen LogP contribution in [0.25, 0.3) is 0 Å². The molecule has 0 aliphatic carbocycles. The summed E-state index contributed by atoms with van der Waals surface area (Å²) in [6, 6.07) is 7.35. The zero-order valence-electron chi connectivity index (χ0n) is 10.5. The quantitative estimate of drug-likeness (QED) is 0.502. The molecule has 1 amide bonds. The average molecular weight is 354 g/mol. The smallest absolute Gasteiger partial charge is 0.271 e. The summed E-state index contributed by atoms with van der Waals surface area (Å²) in [7, 11) is 0. The van der Waals surface area contributed by atoms with Crippen LogP contribution in [-0.2, 0) is 0 Å². The molecular formula is C13H9BrFN3O3. The number of amides is 1. The summed E-state index contributed by atoms with van der Waals surface area (Å²) in [5.41, 5.74) is 5.73. The molecule has 0 radical (unpaired) electrons. The second-order valence-electron chi connectivity index (χ2n) is 4.14. The van der Waals surface area contributed by atoms with Crippen molar-refractivity contribution in [1.29, 1.82) is 0 Å². The van der Waals surface area contributed by atoms with E-state index in [0.29, 0.717) is 4.47 Å². The summed E-state index contributed by atoms with van der Waals surface area (Å²) in [6.07, 6.45) is 0. The Hall–Kier alpha value is -2.48. The lowest BCUT2D eigenvalue weighted by molar-refractivity contribution is -0.384. The number of hydrogen-bond acceptors (Lipinski definition) is 4. The van der Waals surface area contributed by atoms with E-state index in [2.05, 4.69) is 21.2 Å². The van der Waals surface area contributed by atoms with Crippen molar-refractivity contribution in [2.24, 2.45) is 0 Å². The van der Waals surface area contributed by atoms with Gasteiger partial charge in [0, 0.05) is 22.2 Å². The molecule has 0 saturated carbocycles. The van der Waals surface area contributed by atoms with E-state index in [1.165, 1.54) is 18.2 Å². The van der Waals surface area contributed by atoms with Crippen LogP contribution in [0.15, 0.2) is 40.9 Å². The Kier molecular flexibility index (Phi) is 4.18. The van der Waals surface area contributed by atoms with Gasteiger partial charge < -0.3 is 11.1 Å². The van der Waals surface area contributed by atoms with Crippen LogP contribution in [0.5, 0.6) is 0 Å². The molecule has 2 rings (SSSR count). The van der Waals surface area contributed by atoms with Crippen LogP contribution in [0.3, 0.4) is 0 Å². The minimum Gasteiger partial charge on any atom is -0.397 e. The van der Waals surface area contributed by atoms with Crippen molar-refractivity contribution in [3.05, 3.63) is 62.4 Å². The van der Waals surface area contributed by atoms with E-state index >= 15 is 0 Å². The van der Waals surface area contributed by atoms with Crippen LogP contribution in [0.1, 0.15) is 10.4 Å². The maximum absolute atomic E-state index is 13.1. The Morgan fingerprint density at radius 2 is 2.00 bits per heavy atom. The van der Waals surface area contributed by atoms with Gasteiger partial charge in [-0.3, -0.25) is 14.9 Å². The molecule has 3 N–H and O–H groups in total. The van der Waals surface area contributed by atoms with Crippen molar-refractivity contribution in [3.8, 4) is 0 Å². The highest BCUT2D eigenvalue weighted by Crippen LogP contribution is 2.24. The van der Waals surface area contributed by atoms with Crippen LogP contribution in [0, 0.1) is 15.9 Å². The number of halogens is 2. The molecule has 0 atom stereocenters. The van der Waals surface area contributed by atoms with Gasteiger partial charge in [-0.15, -0.1) is 0 Å². The first-order valence-electron chi connectivity index (χ1n) is 5.68. The molecule has 0 fully saturated rings. The number of nitrogens with zero attached hydrogens (tertiary/aromatic N) is 1. The molecule has 108 valence electrons. The summed E-state index contributed by atoms with van der Waals surface area (Å²) in [6.45, 7) is 0. The normalized spacial score (nSPS) is 10.2. The number of carbonyl (C=O) groups excluding carboxylic acids is 1. The van der Waals surface area contributed by atoms with Crippen molar-refractivity contribution in [2.75, 3.05) is 11.1 Å². The number of nitro groups is 1. The molecule has 8 heteroatoms. The summed E-state index contributed by atoms with van der Waals surface area (Å²) in [5, 5.41) is 13.2. The molecule has 0 aliphatic heterocycles. The molecule has 0 saturated heterocycles. The number of carbonyl (C=O) groups is 1. The lowest BCUT2D eigenvalue weighted by atomic mass is 10.1.